The molecule has 48 valence electrons. The van der Waals surface area contributed by atoms with Gasteiger partial charge in [0.15, 0.2) is 0 Å². The van der Waals surface area contributed by atoms with E-state index in [0.717, 1.165) is 0 Å². The van der Waals surface area contributed by atoms with E-state index in [4.69, 9.17) is 24.8 Å². The summed E-state index contributed by atoms with van der Waals surface area (Å²) in [5.74, 6) is 0. The van der Waals surface area contributed by atoms with Gasteiger partial charge >= 0.3 is 79.2 Å². The third-order valence-electron chi connectivity index (χ3n) is 0. The van der Waals surface area contributed by atoms with E-state index in [1.807, 2.05) is 0 Å². The molecule has 10 heavy (non-hydrogen) atoms. The molecule has 6 nitrogen and oxygen atoms in total. The van der Waals surface area contributed by atoms with Crippen LogP contribution < -0.4 is 8.32 Å². The van der Waals surface area contributed by atoms with Crippen molar-refractivity contribution in [3.8, 4) is 0 Å². The summed E-state index contributed by atoms with van der Waals surface area (Å²) in [6.07, 6.45) is 0. The summed E-state index contributed by atoms with van der Waals surface area (Å²) in [6.45, 7) is 0. The molecule has 0 fully saturated rings. The maximum atomic E-state index is 8.46. The Morgan fingerprint density at radius 3 is 1.00 bits per heavy atom. The molecule has 0 atom stereocenters. The van der Waals surface area contributed by atoms with Gasteiger partial charge in [-0.05, 0) is 0 Å². The van der Waals surface area contributed by atoms with Crippen molar-refractivity contribution in [1.82, 2.24) is 0 Å². The number of rotatable bonds is 0. The first kappa shape index (κ1) is 22.4. The molecule has 0 N–H and O–H groups in total. The monoisotopic (exact) mass is 202 g/mol. The molecule has 10 heteroatoms. The third-order valence-corrected chi connectivity index (χ3v) is 0. The quantitative estimate of drug-likeness (QED) is 0.366. The Morgan fingerprint density at radius 2 is 1.00 bits per heavy atom. The van der Waals surface area contributed by atoms with Crippen molar-refractivity contribution in [2.24, 2.45) is 0 Å². The second-order valence-corrected chi connectivity index (χ2v) is 0.827. The topological polar surface area (TPSA) is 114 Å². The van der Waals surface area contributed by atoms with Gasteiger partial charge in [-0.15, -0.1) is 0 Å². The van der Waals surface area contributed by atoms with Crippen molar-refractivity contribution in [3.63, 3.8) is 0 Å². The standard InChI is InChI=1S/2Al.Mg.O2Si.4O/c;;;1-3-2;;;;/q;;+2;;;;2*-1. The van der Waals surface area contributed by atoms with E-state index in [2.05, 4.69) is 0 Å². The summed E-state index contributed by atoms with van der Waals surface area (Å²) >= 11 is -3.50. The average molecular weight is 202 g/mol. The van der Waals surface area contributed by atoms with Gasteiger partial charge < -0.3 is 0 Å². The Balaban J connectivity index is -0.0000000257. The zero-order valence-corrected chi connectivity index (χ0v) is 9.53. The van der Waals surface area contributed by atoms with Gasteiger partial charge in [0.25, 0.3) is 0 Å². The zero-order chi connectivity index (χ0) is 8.12. The first-order chi connectivity index (χ1) is 4.24. The molecular weight excluding hydrogens is 202 g/mol. The van der Waals surface area contributed by atoms with Gasteiger partial charge in [0.1, 0.15) is 0 Å². The van der Waals surface area contributed by atoms with Crippen LogP contribution in [0, 0.1) is 0 Å². The fraction of sp³-hybridized carbons (Fsp3) is 0. The van der Waals surface area contributed by atoms with Crippen LogP contribution in [-0.4, -0.2) is 63.3 Å². The van der Waals surface area contributed by atoms with Gasteiger partial charge in [0.2, 0.25) is 0 Å². The van der Waals surface area contributed by atoms with Crippen LogP contribution in [0.4, 0.5) is 0 Å². The summed E-state index contributed by atoms with van der Waals surface area (Å²) < 4.78 is 50.6. The van der Waals surface area contributed by atoms with Crippen molar-refractivity contribution in [1.29, 1.82) is 0 Å². The van der Waals surface area contributed by atoms with E-state index in [1.54, 1.807) is 0 Å². The molecule has 0 spiro atoms. The van der Waals surface area contributed by atoms with Crippen molar-refractivity contribution < 1.29 is 24.8 Å². The van der Waals surface area contributed by atoms with Crippen molar-refractivity contribution in [3.05, 3.63) is 0 Å². The fourth-order valence-corrected chi connectivity index (χ4v) is 0. The van der Waals surface area contributed by atoms with E-state index in [0.29, 0.717) is 0 Å². The summed E-state index contributed by atoms with van der Waals surface area (Å²) in [4.78, 5) is 0. The Hall–Kier alpha value is 0.848. The second-order valence-electron chi connectivity index (χ2n) is 0.276. The zero-order valence-electron chi connectivity index (χ0n) is 4.81. The van der Waals surface area contributed by atoms with E-state index in [1.165, 1.54) is 0 Å². The van der Waals surface area contributed by atoms with Crippen LogP contribution in [0.5, 0.6) is 0 Å². The molecule has 0 aliphatic heterocycles. The molecule has 0 saturated heterocycles. The van der Waals surface area contributed by atoms with Gasteiger partial charge in [0, 0.05) is 0 Å². The first-order valence-electron chi connectivity index (χ1n) is 1.35. The summed E-state index contributed by atoms with van der Waals surface area (Å²) in [5, 5.41) is 0. The molecule has 0 amide bonds. The SMILES string of the molecule is O=[Si]=O.[Mg+2].[O]=[Al][O-].[O]=[Al][O-]. The van der Waals surface area contributed by atoms with Gasteiger partial charge in [0.05, 0.1) is 0 Å². The first-order valence-corrected chi connectivity index (χ1v) is 4.05. The van der Waals surface area contributed by atoms with E-state index < -0.39 is 40.3 Å². The molecule has 0 heterocycles. The third kappa shape index (κ3) is 758. The van der Waals surface area contributed by atoms with Crippen molar-refractivity contribution in [2.45, 2.75) is 0 Å². The average Bonchev–Trinajstić information content (AvgIpc) is 1.70. The fourth-order valence-electron chi connectivity index (χ4n) is 0. The van der Waals surface area contributed by atoms with Gasteiger partial charge in [-0.3, -0.25) is 8.92 Å². The van der Waals surface area contributed by atoms with E-state index in [9.17, 15) is 0 Å². The van der Waals surface area contributed by atoms with Crippen LogP contribution in [0.15, 0.2) is 0 Å². The van der Waals surface area contributed by atoms with Gasteiger partial charge in [-0.25, -0.2) is 0 Å². The van der Waals surface area contributed by atoms with Crippen molar-refractivity contribution in [2.75, 3.05) is 0 Å². The summed E-state index contributed by atoms with van der Waals surface area (Å²) in [6, 6.07) is 0. The Bertz CT molecular complexity index is 81.7. The predicted molar refractivity (Wildman–Crippen MR) is 25.8 cm³/mol. The molecule has 0 aliphatic carbocycles. The predicted octanol–water partition coefficient (Wildman–Crippen LogP) is -4.38. The Morgan fingerprint density at radius 1 is 1.00 bits per heavy atom. The maximum absolute atomic E-state index is 8.46. The normalized spacial score (nSPS) is 2.40. The molecule has 0 aromatic carbocycles. The van der Waals surface area contributed by atoms with Gasteiger partial charge in [-0.2, -0.15) is 0 Å². The van der Waals surface area contributed by atoms with Crippen LogP contribution in [0.2, 0.25) is 0 Å². The summed E-state index contributed by atoms with van der Waals surface area (Å²) in [5.41, 5.74) is 0. The molecule has 0 aromatic heterocycles. The van der Waals surface area contributed by atoms with Crippen LogP contribution in [0.25, 0.3) is 0 Å². The number of hydrogen-bond acceptors (Lipinski definition) is 6. The van der Waals surface area contributed by atoms with Crippen LogP contribution in [-0.2, 0) is 16.5 Å². The molecule has 0 aromatic rings. The molecule has 0 aliphatic rings. The summed E-state index contributed by atoms with van der Waals surface area (Å²) in [7, 11) is -1.42. The number of hydrogen-bond donors (Lipinski definition) is 0. The van der Waals surface area contributed by atoms with Crippen molar-refractivity contribution >= 4 is 63.3 Å². The van der Waals surface area contributed by atoms with Crippen LogP contribution in [0.3, 0.4) is 0 Å². The molecule has 0 bridgehead atoms. The minimum atomic E-state index is -1.75. The molecular formula is Al2MgO6Si. The Labute approximate surface area is 87.6 Å². The van der Waals surface area contributed by atoms with Crippen LogP contribution >= 0.6 is 0 Å². The van der Waals surface area contributed by atoms with Gasteiger partial charge in [-0.1, -0.05) is 0 Å². The van der Waals surface area contributed by atoms with E-state index >= 15 is 0 Å². The minimum absolute atomic E-state index is 0. The molecule has 0 radical (unpaired) electrons. The molecule has 0 saturated carbocycles. The van der Waals surface area contributed by atoms with Crippen LogP contribution in [0.1, 0.15) is 0 Å². The Kier molecular flexibility index (Phi) is 117. The second kappa shape index (κ2) is 52.1. The molecule has 0 unspecified atom stereocenters. The molecule has 0 rings (SSSR count). The van der Waals surface area contributed by atoms with E-state index in [-0.39, 0.29) is 23.1 Å².